The molecule has 0 bridgehead atoms. The first kappa shape index (κ1) is 18.1. The fourth-order valence-corrected chi connectivity index (χ4v) is 4.54. The Labute approximate surface area is 156 Å². The summed E-state index contributed by atoms with van der Waals surface area (Å²) in [4.78, 5) is 27.7. The van der Waals surface area contributed by atoms with Gasteiger partial charge in [-0.15, -0.1) is 0 Å². The molecule has 3 fully saturated rings. The lowest BCUT2D eigenvalue weighted by atomic mass is 9.79. The third-order valence-electron chi connectivity index (χ3n) is 6.07. The van der Waals surface area contributed by atoms with Gasteiger partial charge in [-0.25, -0.2) is 9.82 Å². The molecule has 4 unspecified atom stereocenters. The Bertz CT molecular complexity index is 725. The van der Waals surface area contributed by atoms with E-state index in [9.17, 15) is 19.3 Å². The van der Waals surface area contributed by atoms with Crippen LogP contribution in [0.5, 0.6) is 0 Å². The van der Waals surface area contributed by atoms with E-state index < -0.39 is 12.1 Å². The van der Waals surface area contributed by atoms with Crippen molar-refractivity contribution in [1.29, 1.82) is 0 Å². The number of halogens is 1. The maximum Gasteiger partial charge on any atom is 0.241 e. The van der Waals surface area contributed by atoms with Gasteiger partial charge in [0.25, 0.3) is 0 Å². The zero-order valence-corrected chi connectivity index (χ0v) is 15.0. The zero-order valence-electron chi connectivity index (χ0n) is 15.0. The van der Waals surface area contributed by atoms with Crippen LogP contribution in [0.25, 0.3) is 0 Å². The van der Waals surface area contributed by atoms with Crippen molar-refractivity contribution in [3.05, 3.63) is 40.2 Å². The number of para-hydroxylation sites is 1. The molecule has 8 nitrogen and oxygen atoms in total. The summed E-state index contributed by atoms with van der Waals surface area (Å²) in [6.45, 7) is 2.17. The number of carbonyl (C=O) groups is 1. The van der Waals surface area contributed by atoms with E-state index in [1.165, 1.54) is 6.07 Å². The average molecular weight is 377 g/mol. The van der Waals surface area contributed by atoms with E-state index in [2.05, 4.69) is 10.9 Å². The number of benzene rings is 1. The largest absolute Gasteiger partial charge is 0.366 e. The van der Waals surface area contributed by atoms with Gasteiger partial charge in [0.2, 0.25) is 11.9 Å². The van der Waals surface area contributed by atoms with Crippen molar-refractivity contribution in [3.8, 4) is 0 Å². The van der Waals surface area contributed by atoms with Crippen LogP contribution in [0.2, 0.25) is 0 Å². The zero-order chi connectivity index (χ0) is 19.0. The van der Waals surface area contributed by atoms with Crippen LogP contribution in [-0.2, 0) is 4.79 Å². The van der Waals surface area contributed by atoms with E-state index >= 15 is 0 Å². The van der Waals surface area contributed by atoms with E-state index in [1.807, 2.05) is 4.90 Å². The number of amides is 1. The van der Waals surface area contributed by atoms with Crippen molar-refractivity contribution in [2.24, 2.45) is 5.92 Å². The Balaban J connectivity index is 1.38. The summed E-state index contributed by atoms with van der Waals surface area (Å²) in [6.07, 6.45) is 1.67. The van der Waals surface area contributed by atoms with Gasteiger partial charge >= 0.3 is 0 Å². The van der Waals surface area contributed by atoms with E-state index in [4.69, 9.17) is 0 Å². The molecule has 4 atom stereocenters. The number of piperazine rings is 1. The van der Waals surface area contributed by atoms with Crippen molar-refractivity contribution in [2.45, 2.75) is 37.4 Å². The average Bonchev–Trinajstić information content (AvgIpc) is 3.11. The second-order valence-electron chi connectivity index (χ2n) is 7.55. The lowest BCUT2D eigenvalue weighted by Gasteiger charge is -2.38. The molecule has 0 spiro atoms. The summed E-state index contributed by atoms with van der Waals surface area (Å²) in [5.74, 6) is -0.340. The van der Waals surface area contributed by atoms with Crippen LogP contribution in [0.3, 0.4) is 0 Å². The third-order valence-corrected chi connectivity index (χ3v) is 6.07. The SMILES string of the molecule is O=C(C1NNC2CCC([N+](=O)[O-])CC21)N1CCN(c2ccccc2F)CC1. The smallest absolute Gasteiger partial charge is 0.241 e. The molecule has 2 saturated heterocycles. The molecular weight excluding hydrogens is 353 g/mol. The number of anilines is 1. The Morgan fingerprint density at radius 2 is 1.89 bits per heavy atom. The number of hydrogen-bond acceptors (Lipinski definition) is 6. The minimum Gasteiger partial charge on any atom is -0.366 e. The number of hydrazine groups is 1. The summed E-state index contributed by atoms with van der Waals surface area (Å²) in [7, 11) is 0. The molecule has 1 amide bonds. The van der Waals surface area contributed by atoms with Gasteiger partial charge < -0.3 is 9.80 Å². The number of nitro groups is 1. The Morgan fingerprint density at radius 3 is 2.59 bits per heavy atom. The molecule has 0 aromatic heterocycles. The van der Waals surface area contributed by atoms with Crippen LogP contribution in [-0.4, -0.2) is 60.0 Å². The number of fused-ring (bicyclic) bond motifs is 1. The summed E-state index contributed by atoms with van der Waals surface area (Å²) in [5.41, 5.74) is 6.78. The first-order valence-corrected chi connectivity index (χ1v) is 9.47. The highest BCUT2D eigenvalue weighted by molar-refractivity contribution is 5.83. The van der Waals surface area contributed by atoms with E-state index in [0.717, 1.165) is 0 Å². The molecule has 3 aliphatic rings. The first-order valence-electron chi connectivity index (χ1n) is 9.47. The van der Waals surface area contributed by atoms with Crippen LogP contribution in [0, 0.1) is 21.8 Å². The van der Waals surface area contributed by atoms with Crippen molar-refractivity contribution < 1.29 is 14.1 Å². The van der Waals surface area contributed by atoms with Crippen LogP contribution < -0.4 is 15.8 Å². The fraction of sp³-hybridized carbons (Fsp3) is 0.611. The van der Waals surface area contributed by atoms with Gasteiger partial charge in [0.05, 0.1) is 5.69 Å². The van der Waals surface area contributed by atoms with Gasteiger partial charge in [0.1, 0.15) is 11.9 Å². The van der Waals surface area contributed by atoms with Crippen molar-refractivity contribution >= 4 is 11.6 Å². The molecule has 0 radical (unpaired) electrons. The second-order valence-corrected chi connectivity index (χ2v) is 7.55. The quantitative estimate of drug-likeness (QED) is 0.597. The number of hydrogen-bond donors (Lipinski definition) is 2. The first-order chi connectivity index (χ1) is 13.0. The molecule has 9 heteroatoms. The summed E-state index contributed by atoms with van der Waals surface area (Å²) in [6, 6.07) is 5.76. The highest BCUT2D eigenvalue weighted by Crippen LogP contribution is 2.32. The monoisotopic (exact) mass is 377 g/mol. The van der Waals surface area contributed by atoms with Crippen LogP contribution in [0.4, 0.5) is 10.1 Å². The number of rotatable bonds is 3. The molecule has 4 rings (SSSR count). The second kappa shape index (κ2) is 7.40. The molecule has 146 valence electrons. The normalized spacial score (nSPS) is 30.9. The standard InChI is InChI=1S/C18H24FN5O3/c19-14-3-1-2-4-16(14)22-7-9-23(10-8-22)18(25)17-13-11-12(24(26)27)5-6-15(13)20-21-17/h1-4,12-13,15,17,20-21H,5-11H2. The fourth-order valence-electron chi connectivity index (χ4n) is 4.54. The van der Waals surface area contributed by atoms with Gasteiger partial charge in [-0.05, 0) is 18.6 Å². The minimum absolute atomic E-state index is 0.0211. The van der Waals surface area contributed by atoms with Crippen LogP contribution >= 0.6 is 0 Å². The van der Waals surface area contributed by atoms with E-state index in [0.29, 0.717) is 51.1 Å². The van der Waals surface area contributed by atoms with E-state index in [-0.39, 0.29) is 28.6 Å². The van der Waals surface area contributed by atoms with Crippen molar-refractivity contribution in [3.63, 3.8) is 0 Å². The number of carbonyl (C=O) groups excluding carboxylic acids is 1. The highest BCUT2D eigenvalue weighted by atomic mass is 19.1. The Morgan fingerprint density at radius 1 is 1.15 bits per heavy atom. The third kappa shape index (κ3) is 3.49. The predicted octanol–water partition coefficient (Wildman–Crippen LogP) is 0.765. The molecule has 1 saturated carbocycles. The van der Waals surface area contributed by atoms with Gasteiger partial charge in [0, 0.05) is 55.9 Å². The lowest BCUT2D eigenvalue weighted by molar-refractivity contribution is -0.528. The Hall–Kier alpha value is -2.26. The maximum absolute atomic E-state index is 14.0. The predicted molar refractivity (Wildman–Crippen MR) is 97.2 cm³/mol. The number of nitrogens with zero attached hydrogens (tertiary/aromatic N) is 3. The summed E-state index contributed by atoms with van der Waals surface area (Å²) < 4.78 is 14.0. The van der Waals surface area contributed by atoms with Crippen LogP contribution in [0.1, 0.15) is 19.3 Å². The maximum atomic E-state index is 14.0. The number of nitrogens with one attached hydrogen (secondary N) is 2. The highest BCUT2D eigenvalue weighted by Gasteiger charge is 2.47. The minimum atomic E-state index is -0.568. The van der Waals surface area contributed by atoms with E-state index in [1.54, 1.807) is 23.1 Å². The van der Waals surface area contributed by atoms with Gasteiger partial charge in [0.15, 0.2) is 0 Å². The molecule has 1 aliphatic carbocycles. The molecule has 2 aliphatic heterocycles. The molecule has 27 heavy (non-hydrogen) atoms. The van der Waals surface area contributed by atoms with Crippen molar-refractivity contribution in [1.82, 2.24) is 15.8 Å². The lowest BCUT2D eigenvalue weighted by Crippen LogP contribution is -2.55. The molecule has 2 N–H and O–H groups in total. The van der Waals surface area contributed by atoms with Gasteiger partial charge in [-0.3, -0.25) is 20.3 Å². The summed E-state index contributed by atoms with van der Waals surface area (Å²) in [5, 5.41) is 11.2. The topological polar surface area (TPSA) is 90.7 Å². The molecule has 1 aromatic rings. The molecule has 1 aromatic carbocycles. The summed E-state index contributed by atoms with van der Waals surface area (Å²) >= 11 is 0. The van der Waals surface area contributed by atoms with Crippen LogP contribution in [0.15, 0.2) is 24.3 Å². The molecule has 2 heterocycles. The van der Waals surface area contributed by atoms with Crippen molar-refractivity contribution in [2.75, 3.05) is 31.1 Å². The van der Waals surface area contributed by atoms with Gasteiger partial charge in [-0.1, -0.05) is 12.1 Å². The van der Waals surface area contributed by atoms with Gasteiger partial charge in [-0.2, -0.15) is 0 Å². The molecular formula is C18H24FN5O3. The Kier molecular flexibility index (Phi) is 4.96.